The molecule has 1 unspecified atom stereocenters. The summed E-state index contributed by atoms with van der Waals surface area (Å²) in [6.45, 7) is 0. The van der Waals surface area contributed by atoms with Gasteiger partial charge < -0.3 is 9.84 Å². The second-order valence-electron chi connectivity index (χ2n) is 5.45. The van der Waals surface area contributed by atoms with Gasteiger partial charge in [0.05, 0.1) is 24.2 Å². The van der Waals surface area contributed by atoms with Crippen LogP contribution in [0.4, 0.5) is 5.69 Å². The van der Waals surface area contributed by atoms with Gasteiger partial charge in [-0.05, 0) is 43.2 Å². The molecule has 1 aromatic rings. The Bertz CT molecular complexity index is 469. The monoisotopic (exact) mass is 279 g/mol. The van der Waals surface area contributed by atoms with Gasteiger partial charge in [0.1, 0.15) is 5.75 Å². The van der Waals surface area contributed by atoms with Crippen LogP contribution in [0.25, 0.3) is 0 Å². The molecule has 1 atom stereocenters. The van der Waals surface area contributed by atoms with Crippen molar-refractivity contribution in [2.45, 2.75) is 44.6 Å². The molecule has 0 saturated heterocycles. The number of non-ortho nitro benzene ring substituents is 1. The van der Waals surface area contributed by atoms with Crippen molar-refractivity contribution in [3.05, 3.63) is 33.9 Å². The van der Waals surface area contributed by atoms with Crippen LogP contribution in [0.1, 0.15) is 37.7 Å². The van der Waals surface area contributed by atoms with Gasteiger partial charge in [-0.2, -0.15) is 0 Å². The number of aryl methyl sites for hydroxylation is 1. The Morgan fingerprint density at radius 2 is 2.10 bits per heavy atom. The van der Waals surface area contributed by atoms with E-state index in [1.807, 2.05) is 0 Å². The molecule has 1 saturated carbocycles. The van der Waals surface area contributed by atoms with Crippen LogP contribution in [0.5, 0.6) is 5.75 Å². The van der Waals surface area contributed by atoms with E-state index < -0.39 is 4.92 Å². The van der Waals surface area contributed by atoms with Crippen LogP contribution in [-0.4, -0.2) is 23.2 Å². The molecule has 2 rings (SSSR count). The maximum atomic E-state index is 10.9. The Labute approximate surface area is 118 Å². The highest BCUT2D eigenvalue weighted by Crippen LogP contribution is 2.30. The van der Waals surface area contributed by atoms with Gasteiger partial charge in [0.25, 0.3) is 5.69 Å². The average molecular weight is 279 g/mol. The molecular weight excluding hydrogens is 258 g/mol. The van der Waals surface area contributed by atoms with Gasteiger partial charge in [0.2, 0.25) is 0 Å². The summed E-state index contributed by atoms with van der Waals surface area (Å²) in [4.78, 5) is 10.5. The van der Waals surface area contributed by atoms with Crippen LogP contribution in [0.3, 0.4) is 0 Å². The molecule has 5 nitrogen and oxygen atoms in total. The van der Waals surface area contributed by atoms with E-state index in [1.165, 1.54) is 26.0 Å². The highest BCUT2D eigenvalue weighted by molar-refractivity contribution is 5.42. The molecule has 20 heavy (non-hydrogen) atoms. The first kappa shape index (κ1) is 14.8. The summed E-state index contributed by atoms with van der Waals surface area (Å²) in [5.74, 6) is 0.889. The van der Waals surface area contributed by atoms with E-state index in [4.69, 9.17) is 4.74 Å². The van der Waals surface area contributed by atoms with Crippen molar-refractivity contribution >= 4 is 5.69 Å². The lowest BCUT2D eigenvalue weighted by molar-refractivity contribution is -0.385. The normalized spacial score (nSPS) is 17.1. The molecule has 110 valence electrons. The third-order valence-electron chi connectivity index (χ3n) is 4.07. The minimum Gasteiger partial charge on any atom is -0.496 e. The van der Waals surface area contributed by atoms with Crippen molar-refractivity contribution in [1.82, 2.24) is 0 Å². The molecule has 1 aliphatic carbocycles. The lowest BCUT2D eigenvalue weighted by Crippen LogP contribution is -2.18. The number of aliphatic hydroxyl groups excluding tert-OH is 1. The summed E-state index contributed by atoms with van der Waals surface area (Å²) < 4.78 is 5.09. The molecule has 0 spiro atoms. The highest BCUT2D eigenvalue weighted by atomic mass is 16.6. The van der Waals surface area contributed by atoms with Crippen LogP contribution in [0.2, 0.25) is 0 Å². The summed E-state index contributed by atoms with van der Waals surface area (Å²) in [5.41, 5.74) is 0.878. The minimum absolute atomic E-state index is 0.0368. The third-order valence-corrected chi connectivity index (χ3v) is 4.07. The Balaban J connectivity index is 2.00. The maximum Gasteiger partial charge on any atom is 0.273 e. The molecule has 0 bridgehead atoms. The van der Waals surface area contributed by atoms with Crippen LogP contribution >= 0.6 is 0 Å². The van der Waals surface area contributed by atoms with Crippen LogP contribution in [0.15, 0.2) is 18.2 Å². The van der Waals surface area contributed by atoms with E-state index >= 15 is 0 Å². The summed E-state index contributed by atoms with van der Waals surface area (Å²) in [7, 11) is 1.50. The van der Waals surface area contributed by atoms with E-state index in [2.05, 4.69) is 0 Å². The number of aliphatic hydroxyl groups is 1. The predicted molar refractivity (Wildman–Crippen MR) is 75.9 cm³/mol. The first-order valence-electron chi connectivity index (χ1n) is 7.10. The summed E-state index contributed by atoms with van der Waals surface area (Å²) in [6.07, 6.45) is 5.57. The number of methoxy groups -OCH3 is 1. The van der Waals surface area contributed by atoms with E-state index in [1.54, 1.807) is 12.1 Å². The number of nitro benzene ring substituents is 1. The molecule has 1 aliphatic rings. The zero-order valence-electron chi connectivity index (χ0n) is 11.7. The number of nitro groups is 1. The standard InChI is InChI=1S/C15H21NO4/c1-20-14-9-11(8-13(10-14)16(18)19)6-7-15(17)12-4-2-3-5-12/h8-10,12,15,17H,2-7H2,1H3. The molecule has 1 aromatic carbocycles. The summed E-state index contributed by atoms with van der Waals surface area (Å²) in [5, 5.41) is 21.0. The number of hydrogen-bond acceptors (Lipinski definition) is 4. The molecule has 1 N–H and O–H groups in total. The first-order chi connectivity index (χ1) is 9.60. The fourth-order valence-electron chi connectivity index (χ4n) is 2.90. The van der Waals surface area contributed by atoms with Crippen LogP contribution in [0, 0.1) is 16.0 Å². The smallest absolute Gasteiger partial charge is 0.273 e. The molecule has 0 heterocycles. The zero-order chi connectivity index (χ0) is 14.5. The molecule has 0 amide bonds. The summed E-state index contributed by atoms with van der Waals surface area (Å²) in [6, 6.07) is 4.77. The third kappa shape index (κ3) is 3.70. The molecule has 0 aliphatic heterocycles. The number of ether oxygens (including phenoxy) is 1. The van der Waals surface area contributed by atoms with Gasteiger partial charge in [0.15, 0.2) is 0 Å². The van der Waals surface area contributed by atoms with Crippen molar-refractivity contribution in [1.29, 1.82) is 0 Å². The lowest BCUT2D eigenvalue weighted by Gasteiger charge is -2.17. The average Bonchev–Trinajstić information content (AvgIpc) is 2.98. The van der Waals surface area contributed by atoms with Crippen LogP contribution < -0.4 is 4.74 Å². The number of benzene rings is 1. The second-order valence-corrected chi connectivity index (χ2v) is 5.45. The largest absolute Gasteiger partial charge is 0.496 e. The zero-order valence-corrected chi connectivity index (χ0v) is 11.7. The Hall–Kier alpha value is -1.62. The van der Waals surface area contributed by atoms with Gasteiger partial charge in [-0.1, -0.05) is 12.8 Å². The van der Waals surface area contributed by atoms with Crippen LogP contribution in [-0.2, 0) is 6.42 Å². The van der Waals surface area contributed by atoms with Gasteiger partial charge in [-0.25, -0.2) is 0 Å². The minimum atomic E-state index is -0.417. The van der Waals surface area contributed by atoms with Gasteiger partial charge >= 0.3 is 0 Å². The number of rotatable bonds is 6. The van der Waals surface area contributed by atoms with E-state index in [0.29, 0.717) is 24.5 Å². The SMILES string of the molecule is COc1cc(CCC(O)C2CCCC2)cc([N+](=O)[O-])c1. The highest BCUT2D eigenvalue weighted by Gasteiger charge is 2.23. The Kier molecular flexibility index (Phi) is 4.95. The van der Waals surface area contributed by atoms with Crippen molar-refractivity contribution in [2.75, 3.05) is 7.11 Å². The van der Waals surface area contributed by atoms with Gasteiger partial charge in [-0.3, -0.25) is 10.1 Å². The first-order valence-corrected chi connectivity index (χ1v) is 7.10. The summed E-state index contributed by atoms with van der Waals surface area (Å²) >= 11 is 0. The van der Waals surface area contributed by atoms with Gasteiger partial charge in [-0.15, -0.1) is 0 Å². The van der Waals surface area contributed by atoms with Crippen molar-refractivity contribution in [3.8, 4) is 5.75 Å². The number of nitrogens with zero attached hydrogens (tertiary/aromatic N) is 1. The molecule has 0 aromatic heterocycles. The Morgan fingerprint density at radius 3 is 2.70 bits per heavy atom. The van der Waals surface area contributed by atoms with Crippen molar-refractivity contribution in [2.24, 2.45) is 5.92 Å². The molecule has 0 radical (unpaired) electrons. The van der Waals surface area contributed by atoms with Crippen molar-refractivity contribution < 1.29 is 14.8 Å². The number of hydrogen-bond donors (Lipinski definition) is 1. The molecular formula is C15H21NO4. The predicted octanol–water partition coefficient (Wildman–Crippen LogP) is 3.09. The van der Waals surface area contributed by atoms with E-state index in [0.717, 1.165) is 18.4 Å². The second kappa shape index (κ2) is 6.70. The maximum absolute atomic E-state index is 10.9. The van der Waals surface area contributed by atoms with E-state index in [-0.39, 0.29) is 11.8 Å². The fraction of sp³-hybridized carbons (Fsp3) is 0.600. The lowest BCUT2D eigenvalue weighted by atomic mass is 9.95. The van der Waals surface area contributed by atoms with Gasteiger partial charge in [0, 0.05) is 6.07 Å². The van der Waals surface area contributed by atoms with Crippen molar-refractivity contribution in [3.63, 3.8) is 0 Å². The Morgan fingerprint density at radius 1 is 1.40 bits per heavy atom. The molecule has 1 fully saturated rings. The fourth-order valence-corrected chi connectivity index (χ4v) is 2.90. The topological polar surface area (TPSA) is 72.6 Å². The quantitative estimate of drug-likeness (QED) is 0.641. The molecule has 5 heteroatoms. The van der Waals surface area contributed by atoms with E-state index in [9.17, 15) is 15.2 Å².